The van der Waals surface area contributed by atoms with E-state index in [-0.39, 0.29) is 24.6 Å². The highest BCUT2D eigenvalue weighted by molar-refractivity contribution is 5.68. The number of amides is 1. The van der Waals surface area contributed by atoms with Gasteiger partial charge in [-0.15, -0.1) is 0 Å². The van der Waals surface area contributed by atoms with E-state index in [1.807, 2.05) is 20.8 Å². The maximum Gasteiger partial charge on any atom is 0.410 e. The van der Waals surface area contributed by atoms with E-state index >= 15 is 0 Å². The predicted molar refractivity (Wildman–Crippen MR) is 80.2 cm³/mol. The molecule has 5 heteroatoms. The summed E-state index contributed by atoms with van der Waals surface area (Å²) in [7, 11) is 0. The third kappa shape index (κ3) is 4.37. The Labute approximate surface area is 126 Å². The van der Waals surface area contributed by atoms with Crippen molar-refractivity contribution in [3.63, 3.8) is 0 Å². The highest BCUT2D eigenvalue weighted by atomic mass is 16.6. The van der Waals surface area contributed by atoms with Crippen LogP contribution in [0.3, 0.4) is 0 Å². The van der Waals surface area contributed by atoms with E-state index in [0.29, 0.717) is 5.41 Å². The number of rotatable bonds is 3. The monoisotopic (exact) mass is 297 g/mol. The lowest BCUT2D eigenvalue weighted by atomic mass is 9.61. The zero-order valence-corrected chi connectivity index (χ0v) is 13.4. The van der Waals surface area contributed by atoms with Crippen molar-refractivity contribution >= 4 is 6.09 Å². The summed E-state index contributed by atoms with van der Waals surface area (Å²) in [5.41, 5.74) is -0.117. The molecule has 0 unspecified atom stereocenters. The van der Waals surface area contributed by atoms with Crippen LogP contribution in [0, 0.1) is 5.41 Å². The number of piperidine rings is 1. The molecule has 120 valence electrons. The van der Waals surface area contributed by atoms with Crippen LogP contribution in [-0.4, -0.2) is 47.5 Å². The van der Waals surface area contributed by atoms with Gasteiger partial charge in [0.1, 0.15) is 18.0 Å². The van der Waals surface area contributed by atoms with Gasteiger partial charge in [-0.2, -0.15) is 0 Å². The van der Waals surface area contributed by atoms with Crippen molar-refractivity contribution in [1.29, 1.82) is 0 Å². The fourth-order valence-corrected chi connectivity index (χ4v) is 3.14. The van der Waals surface area contributed by atoms with E-state index in [0.717, 1.165) is 38.8 Å². The molecule has 1 aliphatic heterocycles. The van der Waals surface area contributed by atoms with Gasteiger partial charge in [-0.3, -0.25) is 0 Å². The Bertz CT molecular complexity index is 397. The second-order valence-corrected chi connectivity index (χ2v) is 7.37. The molecular formula is C16H27NO4. The van der Waals surface area contributed by atoms with Crippen LogP contribution < -0.4 is 0 Å². The van der Waals surface area contributed by atoms with Crippen molar-refractivity contribution in [2.45, 2.75) is 58.2 Å². The quantitative estimate of drug-likeness (QED) is 0.812. The Hall–Kier alpha value is -1.23. The van der Waals surface area contributed by atoms with E-state index in [1.165, 1.54) is 0 Å². The van der Waals surface area contributed by atoms with Gasteiger partial charge < -0.3 is 19.5 Å². The van der Waals surface area contributed by atoms with Crippen molar-refractivity contribution in [2.24, 2.45) is 5.41 Å². The van der Waals surface area contributed by atoms with Crippen LogP contribution in [0.2, 0.25) is 0 Å². The van der Waals surface area contributed by atoms with Gasteiger partial charge in [-0.05, 0) is 51.9 Å². The molecule has 1 spiro atoms. The molecule has 0 bridgehead atoms. The van der Waals surface area contributed by atoms with Crippen LogP contribution in [0.1, 0.15) is 46.5 Å². The van der Waals surface area contributed by atoms with E-state index < -0.39 is 5.60 Å². The van der Waals surface area contributed by atoms with Crippen LogP contribution in [-0.2, 0) is 9.47 Å². The third-order valence-electron chi connectivity index (χ3n) is 4.28. The first-order chi connectivity index (χ1) is 9.69. The second-order valence-electron chi connectivity index (χ2n) is 7.37. The van der Waals surface area contributed by atoms with Crippen LogP contribution in [0.15, 0.2) is 12.3 Å². The Morgan fingerprint density at radius 3 is 2.38 bits per heavy atom. The lowest BCUT2D eigenvalue weighted by molar-refractivity contribution is -0.102. The summed E-state index contributed by atoms with van der Waals surface area (Å²) in [5.74, 6) is 0.0793. The summed E-state index contributed by atoms with van der Waals surface area (Å²) < 4.78 is 11.0. The summed E-state index contributed by atoms with van der Waals surface area (Å²) in [6, 6.07) is 0. The largest absolute Gasteiger partial charge is 0.510 e. The number of aliphatic hydroxyl groups is 1. The normalized spacial score (nSPS) is 22.0. The number of nitrogens with zero attached hydrogens (tertiary/aromatic N) is 1. The minimum absolute atomic E-state index is 0.0793. The number of likely N-dealkylation sites (tertiary alicyclic amines) is 1. The van der Waals surface area contributed by atoms with Gasteiger partial charge in [0.25, 0.3) is 0 Å². The number of ether oxygens (including phenoxy) is 2. The molecule has 1 amide bonds. The minimum Gasteiger partial charge on any atom is -0.510 e. The highest BCUT2D eigenvalue weighted by Crippen LogP contribution is 2.50. The number of carbonyl (C=O) groups is 1. The molecule has 1 heterocycles. The predicted octanol–water partition coefficient (Wildman–Crippen LogP) is 3.25. The number of aliphatic hydroxyl groups excluding tert-OH is 1. The van der Waals surface area contributed by atoms with Crippen LogP contribution >= 0.6 is 0 Å². The molecule has 1 saturated carbocycles. The molecule has 2 rings (SSSR count). The third-order valence-corrected chi connectivity index (χ3v) is 4.28. The Morgan fingerprint density at radius 1 is 1.33 bits per heavy atom. The average Bonchev–Trinajstić information content (AvgIpc) is 2.32. The van der Waals surface area contributed by atoms with Gasteiger partial charge in [0.15, 0.2) is 0 Å². The summed E-state index contributed by atoms with van der Waals surface area (Å²) in [6.45, 7) is 10.8. The topological polar surface area (TPSA) is 59.0 Å². The van der Waals surface area contributed by atoms with Gasteiger partial charge in [0.05, 0.1) is 6.10 Å². The molecule has 0 radical (unpaired) electrons. The van der Waals surface area contributed by atoms with Gasteiger partial charge in [0.2, 0.25) is 0 Å². The molecule has 0 aromatic carbocycles. The first-order valence-corrected chi connectivity index (χ1v) is 7.65. The van der Waals surface area contributed by atoms with Crippen molar-refractivity contribution in [3.8, 4) is 0 Å². The summed E-state index contributed by atoms with van der Waals surface area (Å²) in [4.78, 5) is 13.8. The summed E-state index contributed by atoms with van der Waals surface area (Å²) in [5, 5.41) is 9.03. The van der Waals surface area contributed by atoms with E-state index in [9.17, 15) is 4.79 Å². The molecule has 0 aromatic heterocycles. The Morgan fingerprint density at radius 2 is 1.90 bits per heavy atom. The fraction of sp³-hybridized carbons (Fsp3) is 0.812. The van der Waals surface area contributed by atoms with Gasteiger partial charge in [-0.25, -0.2) is 4.79 Å². The first-order valence-electron chi connectivity index (χ1n) is 7.65. The van der Waals surface area contributed by atoms with Crippen molar-refractivity contribution < 1.29 is 19.4 Å². The maximum atomic E-state index is 12.0. The maximum absolute atomic E-state index is 12.0. The molecule has 0 aromatic rings. The Balaban J connectivity index is 1.72. The van der Waals surface area contributed by atoms with Crippen molar-refractivity contribution in [2.75, 3.05) is 19.7 Å². The lowest BCUT2D eigenvalue weighted by Crippen LogP contribution is -2.51. The zero-order valence-electron chi connectivity index (χ0n) is 13.4. The summed E-state index contributed by atoms with van der Waals surface area (Å²) >= 11 is 0. The van der Waals surface area contributed by atoms with Crippen molar-refractivity contribution in [3.05, 3.63) is 12.3 Å². The SMILES string of the molecule is C=C(O)COC1CC2(CCN(C(=O)OC(C)(C)C)CC2)C1. The molecule has 5 nitrogen and oxygen atoms in total. The molecular weight excluding hydrogens is 270 g/mol. The number of carbonyl (C=O) groups excluding carboxylic acids is 1. The van der Waals surface area contributed by atoms with E-state index in [1.54, 1.807) is 4.90 Å². The number of hydrogen-bond donors (Lipinski definition) is 1. The molecule has 21 heavy (non-hydrogen) atoms. The van der Waals surface area contributed by atoms with Gasteiger partial charge in [0, 0.05) is 13.1 Å². The molecule has 2 aliphatic rings. The molecule has 1 saturated heterocycles. The summed E-state index contributed by atoms with van der Waals surface area (Å²) in [6.07, 6.45) is 4.06. The average molecular weight is 297 g/mol. The standard InChI is InChI=1S/C16H27NO4/c1-12(18)11-20-13-9-16(10-13)5-7-17(8-6-16)14(19)21-15(2,3)4/h13,18H,1,5-11H2,2-4H3. The number of hydrogen-bond acceptors (Lipinski definition) is 4. The van der Waals surface area contributed by atoms with Crippen LogP contribution in [0.25, 0.3) is 0 Å². The van der Waals surface area contributed by atoms with Crippen molar-refractivity contribution in [1.82, 2.24) is 4.90 Å². The van der Waals surface area contributed by atoms with Gasteiger partial charge >= 0.3 is 6.09 Å². The fourth-order valence-electron chi connectivity index (χ4n) is 3.14. The molecule has 1 aliphatic carbocycles. The first kappa shape index (κ1) is 16.1. The van der Waals surface area contributed by atoms with Crippen LogP contribution in [0.4, 0.5) is 4.79 Å². The van der Waals surface area contributed by atoms with Crippen LogP contribution in [0.5, 0.6) is 0 Å². The Kier molecular flexibility index (Phi) is 4.51. The van der Waals surface area contributed by atoms with E-state index in [4.69, 9.17) is 14.6 Å². The second kappa shape index (κ2) is 5.87. The van der Waals surface area contributed by atoms with E-state index in [2.05, 4.69) is 6.58 Å². The molecule has 2 fully saturated rings. The molecule has 1 N–H and O–H groups in total. The molecule has 0 atom stereocenters. The van der Waals surface area contributed by atoms with Gasteiger partial charge in [-0.1, -0.05) is 6.58 Å². The zero-order chi connectivity index (χ0) is 15.7. The lowest BCUT2D eigenvalue weighted by Gasteiger charge is -2.51. The minimum atomic E-state index is -0.436. The smallest absolute Gasteiger partial charge is 0.410 e. The highest BCUT2D eigenvalue weighted by Gasteiger charge is 2.47.